The zero-order valence-corrected chi connectivity index (χ0v) is 21.7. The van der Waals surface area contributed by atoms with Gasteiger partial charge in [0.25, 0.3) is 0 Å². The van der Waals surface area contributed by atoms with Crippen molar-refractivity contribution in [1.29, 1.82) is 0 Å². The third kappa shape index (κ3) is 2.96. The van der Waals surface area contributed by atoms with Crippen LogP contribution in [0.4, 0.5) is 0 Å². The fraction of sp³-hybridized carbons (Fsp3) is 0. The summed E-state index contributed by atoms with van der Waals surface area (Å²) in [6.07, 6.45) is 0. The molecule has 0 aliphatic heterocycles. The summed E-state index contributed by atoms with van der Waals surface area (Å²) < 4.78 is 11.5. The number of aromatic nitrogens is 1. The average Bonchev–Trinajstić information content (AvgIpc) is 3.65. The van der Waals surface area contributed by atoms with Gasteiger partial charge in [0.2, 0.25) is 0 Å². The Morgan fingerprint density at radius 2 is 1.13 bits per heavy atom. The van der Waals surface area contributed by atoms with Crippen molar-refractivity contribution in [2.24, 2.45) is 0 Å². The molecule has 0 atom stereocenters. The quantitative estimate of drug-likeness (QED) is 0.224. The molecule has 0 fully saturated rings. The van der Waals surface area contributed by atoms with E-state index < -0.39 is 0 Å². The summed E-state index contributed by atoms with van der Waals surface area (Å²) in [7, 11) is 0. The fourth-order valence-corrected chi connectivity index (χ4v) is 7.42. The van der Waals surface area contributed by atoms with E-state index in [1.165, 1.54) is 53.1 Å². The highest BCUT2D eigenvalue weighted by Gasteiger charge is 2.16. The Morgan fingerprint density at radius 1 is 0.487 bits per heavy atom. The van der Waals surface area contributed by atoms with Gasteiger partial charge in [-0.2, -0.15) is 0 Å². The molecule has 39 heavy (non-hydrogen) atoms. The summed E-state index contributed by atoms with van der Waals surface area (Å²) in [5.74, 6) is 0. The van der Waals surface area contributed by atoms with Gasteiger partial charge in [0.1, 0.15) is 11.2 Å². The zero-order valence-electron chi connectivity index (χ0n) is 20.9. The Labute approximate surface area is 227 Å². The molecule has 0 aliphatic rings. The van der Waals surface area contributed by atoms with Crippen LogP contribution in [0.15, 0.2) is 132 Å². The molecule has 0 N–H and O–H groups in total. The SMILES string of the molecule is c1ccc2c(c1)sc1cccc(-c3ccc4c(c3)oc3cc(-n5c6ccccc6c6ccccc65)ccc34)c12. The third-order valence-electron chi connectivity index (χ3n) is 8.01. The number of benzene rings is 6. The van der Waals surface area contributed by atoms with E-state index >= 15 is 0 Å². The van der Waals surface area contributed by atoms with Crippen LogP contribution in [0.2, 0.25) is 0 Å². The van der Waals surface area contributed by atoms with Gasteiger partial charge in [-0.3, -0.25) is 0 Å². The average molecular weight is 516 g/mol. The number of hydrogen-bond donors (Lipinski definition) is 0. The first-order chi connectivity index (χ1) is 19.3. The molecule has 3 aromatic heterocycles. The van der Waals surface area contributed by atoms with Crippen molar-refractivity contribution >= 4 is 75.3 Å². The Kier molecular flexibility index (Phi) is 4.24. The number of nitrogens with zero attached hydrogens (tertiary/aromatic N) is 1. The molecule has 2 nitrogen and oxygen atoms in total. The fourth-order valence-electron chi connectivity index (χ4n) is 6.29. The van der Waals surface area contributed by atoms with Gasteiger partial charge in [0.15, 0.2) is 0 Å². The molecular formula is C36H21NOS. The summed E-state index contributed by atoms with van der Waals surface area (Å²) in [5.41, 5.74) is 7.75. The van der Waals surface area contributed by atoms with E-state index in [2.05, 4.69) is 132 Å². The number of furan rings is 1. The lowest BCUT2D eigenvalue weighted by molar-refractivity contribution is 0.669. The summed E-state index contributed by atoms with van der Waals surface area (Å²) in [4.78, 5) is 0. The molecule has 0 saturated heterocycles. The molecule has 0 aliphatic carbocycles. The van der Waals surface area contributed by atoms with Gasteiger partial charge < -0.3 is 8.98 Å². The standard InChI is InChI=1S/C36H21NOS/c1-4-12-30-25(8-1)26-9-2-5-13-31(26)37(30)23-17-19-28-27-18-16-22(20-32(27)38-33(28)21-23)24-11-7-15-35-36(24)29-10-3-6-14-34(29)39-35/h1-21H. The molecule has 9 aromatic rings. The van der Waals surface area contributed by atoms with Gasteiger partial charge in [-0.25, -0.2) is 0 Å². The van der Waals surface area contributed by atoms with Gasteiger partial charge in [0, 0.05) is 53.5 Å². The van der Waals surface area contributed by atoms with E-state index in [1.807, 2.05) is 11.3 Å². The molecule has 182 valence electrons. The van der Waals surface area contributed by atoms with Gasteiger partial charge in [-0.15, -0.1) is 11.3 Å². The number of hydrogen-bond acceptors (Lipinski definition) is 2. The second-order valence-corrected chi connectivity index (χ2v) is 11.2. The van der Waals surface area contributed by atoms with Crippen molar-refractivity contribution in [2.75, 3.05) is 0 Å². The van der Waals surface area contributed by atoms with Crippen LogP contribution in [0.3, 0.4) is 0 Å². The second kappa shape index (κ2) is 7.83. The van der Waals surface area contributed by atoms with Crippen LogP contribution in [0.5, 0.6) is 0 Å². The van der Waals surface area contributed by atoms with Crippen LogP contribution in [0.1, 0.15) is 0 Å². The van der Waals surface area contributed by atoms with Gasteiger partial charge in [0.05, 0.1) is 11.0 Å². The topological polar surface area (TPSA) is 18.1 Å². The van der Waals surface area contributed by atoms with E-state index in [4.69, 9.17) is 4.42 Å². The highest BCUT2D eigenvalue weighted by molar-refractivity contribution is 7.25. The first-order valence-corrected chi connectivity index (χ1v) is 14.0. The summed E-state index contributed by atoms with van der Waals surface area (Å²) in [6, 6.07) is 45.8. The number of rotatable bonds is 2. The predicted molar refractivity (Wildman–Crippen MR) is 166 cm³/mol. The largest absolute Gasteiger partial charge is 0.456 e. The molecule has 9 rings (SSSR count). The minimum Gasteiger partial charge on any atom is -0.456 e. The molecule has 0 saturated carbocycles. The van der Waals surface area contributed by atoms with Crippen LogP contribution in [-0.2, 0) is 0 Å². The second-order valence-electron chi connectivity index (χ2n) is 10.1. The van der Waals surface area contributed by atoms with Crippen LogP contribution in [0, 0.1) is 0 Å². The lowest BCUT2D eigenvalue weighted by Gasteiger charge is -2.07. The molecule has 0 bridgehead atoms. The maximum Gasteiger partial charge on any atom is 0.137 e. The summed E-state index contributed by atoms with van der Waals surface area (Å²) in [5, 5.41) is 7.44. The Hall–Kier alpha value is -4.86. The zero-order chi connectivity index (χ0) is 25.5. The monoisotopic (exact) mass is 515 g/mol. The predicted octanol–water partition coefficient (Wildman–Crippen LogP) is 10.7. The minimum atomic E-state index is 0.903. The molecule has 0 radical (unpaired) electrons. The Morgan fingerprint density at radius 3 is 1.92 bits per heavy atom. The molecule has 0 spiro atoms. The van der Waals surface area contributed by atoms with Crippen LogP contribution in [-0.4, -0.2) is 4.57 Å². The molecular weight excluding hydrogens is 494 g/mol. The number of thiophene rings is 1. The van der Waals surface area contributed by atoms with Crippen molar-refractivity contribution in [2.45, 2.75) is 0 Å². The molecule has 3 heterocycles. The van der Waals surface area contributed by atoms with Gasteiger partial charge >= 0.3 is 0 Å². The van der Waals surface area contributed by atoms with Crippen LogP contribution < -0.4 is 0 Å². The lowest BCUT2D eigenvalue weighted by Crippen LogP contribution is -1.93. The molecule has 0 amide bonds. The van der Waals surface area contributed by atoms with Gasteiger partial charge in [-0.1, -0.05) is 72.8 Å². The van der Waals surface area contributed by atoms with E-state index in [9.17, 15) is 0 Å². The number of fused-ring (bicyclic) bond motifs is 9. The molecule has 6 aromatic carbocycles. The highest BCUT2D eigenvalue weighted by Crippen LogP contribution is 2.41. The summed E-state index contributed by atoms with van der Waals surface area (Å²) >= 11 is 1.85. The van der Waals surface area contributed by atoms with Crippen molar-refractivity contribution < 1.29 is 4.42 Å². The van der Waals surface area contributed by atoms with Crippen LogP contribution >= 0.6 is 11.3 Å². The Balaban J connectivity index is 1.25. The van der Waals surface area contributed by atoms with Crippen molar-refractivity contribution in [1.82, 2.24) is 4.57 Å². The molecule has 3 heteroatoms. The highest BCUT2D eigenvalue weighted by atomic mass is 32.1. The third-order valence-corrected chi connectivity index (χ3v) is 9.14. The first-order valence-electron chi connectivity index (χ1n) is 13.2. The van der Waals surface area contributed by atoms with E-state index in [-0.39, 0.29) is 0 Å². The smallest absolute Gasteiger partial charge is 0.137 e. The molecule has 0 unspecified atom stereocenters. The van der Waals surface area contributed by atoms with E-state index in [1.54, 1.807) is 0 Å². The van der Waals surface area contributed by atoms with E-state index in [0.717, 1.165) is 27.6 Å². The minimum absolute atomic E-state index is 0.903. The van der Waals surface area contributed by atoms with Crippen molar-refractivity contribution in [3.05, 3.63) is 127 Å². The number of para-hydroxylation sites is 2. The van der Waals surface area contributed by atoms with Crippen molar-refractivity contribution in [3.8, 4) is 16.8 Å². The van der Waals surface area contributed by atoms with Gasteiger partial charge in [-0.05, 0) is 59.7 Å². The van der Waals surface area contributed by atoms with Crippen LogP contribution in [0.25, 0.3) is 80.7 Å². The van der Waals surface area contributed by atoms with Crippen molar-refractivity contribution in [3.63, 3.8) is 0 Å². The normalized spacial score (nSPS) is 12.1. The lowest BCUT2D eigenvalue weighted by atomic mass is 9.98. The first kappa shape index (κ1) is 21.1. The van der Waals surface area contributed by atoms with E-state index in [0.29, 0.717) is 0 Å². The maximum absolute atomic E-state index is 6.55. The maximum atomic E-state index is 6.55. The Bertz CT molecular complexity index is 2350. The summed E-state index contributed by atoms with van der Waals surface area (Å²) in [6.45, 7) is 0.